The zero-order chi connectivity index (χ0) is 12.1. The van der Waals surface area contributed by atoms with E-state index >= 15 is 0 Å². The first kappa shape index (κ1) is 14.0. The van der Waals surface area contributed by atoms with Crippen LogP contribution in [-0.2, 0) is 0 Å². The van der Waals surface area contributed by atoms with E-state index in [1.54, 1.807) is 0 Å². The molecule has 0 aliphatic carbocycles. The van der Waals surface area contributed by atoms with E-state index in [1.165, 1.54) is 32.4 Å². The molecule has 0 bridgehead atoms. The minimum atomic E-state index is 0.674. The van der Waals surface area contributed by atoms with E-state index in [9.17, 15) is 0 Å². The third-order valence-electron chi connectivity index (χ3n) is 4.34. The second kappa shape index (κ2) is 6.61. The van der Waals surface area contributed by atoms with Crippen LogP contribution in [0.1, 0.15) is 47.0 Å². The van der Waals surface area contributed by atoms with Crippen molar-refractivity contribution in [1.29, 1.82) is 0 Å². The van der Waals surface area contributed by atoms with Crippen LogP contribution in [0, 0.1) is 11.8 Å². The van der Waals surface area contributed by atoms with Crippen molar-refractivity contribution in [2.45, 2.75) is 59.0 Å². The second-order valence-electron chi connectivity index (χ2n) is 5.57. The fourth-order valence-electron chi connectivity index (χ4n) is 3.08. The highest BCUT2D eigenvalue weighted by Gasteiger charge is 2.33. The summed E-state index contributed by atoms with van der Waals surface area (Å²) in [6.45, 7) is 12.0. The van der Waals surface area contributed by atoms with Crippen molar-refractivity contribution in [3.05, 3.63) is 0 Å². The summed E-state index contributed by atoms with van der Waals surface area (Å²) in [5.41, 5.74) is 0. The number of nitrogens with zero attached hydrogens (tertiary/aromatic N) is 1. The third-order valence-corrected chi connectivity index (χ3v) is 4.34. The molecular formula is C14H30N2. The van der Waals surface area contributed by atoms with Crippen molar-refractivity contribution in [1.82, 2.24) is 10.2 Å². The van der Waals surface area contributed by atoms with Gasteiger partial charge in [0.15, 0.2) is 0 Å². The average molecular weight is 226 g/mol. The number of rotatable bonds is 6. The van der Waals surface area contributed by atoms with Crippen molar-refractivity contribution in [3.8, 4) is 0 Å². The van der Waals surface area contributed by atoms with Gasteiger partial charge in [-0.3, -0.25) is 4.90 Å². The van der Waals surface area contributed by atoms with Gasteiger partial charge < -0.3 is 5.32 Å². The monoisotopic (exact) mass is 226 g/mol. The van der Waals surface area contributed by atoms with Crippen molar-refractivity contribution in [3.63, 3.8) is 0 Å². The van der Waals surface area contributed by atoms with Crippen LogP contribution in [0.3, 0.4) is 0 Å². The maximum absolute atomic E-state index is 3.52. The highest BCUT2D eigenvalue weighted by Crippen LogP contribution is 2.26. The summed E-state index contributed by atoms with van der Waals surface area (Å²) in [6.07, 6.45) is 3.85. The molecule has 1 fully saturated rings. The molecule has 1 N–H and O–H groups in total. The molecule has 4 atom stereocenters. The van der Waals surface area contributed by atoms with Gasteiger partial charge in [-0.2, -0.15) is 0 Å². The van der Waals surface area contributed by atoms with Crippen LogP contribution in [0.4, 0.5) is 0 Å². The quantitative estimate of drug-likeness (QED) is 0.749. The fourth-order valence-corrected chi connectivity index (χ4v) is 3.08. The molecule has 4 unspecified atom stereocenters. The normalized spacial score (nSPS) is 30.6. The Bertz CT molecular complexity index is 183. The Kier molecular flexibility index (Phi) is 5.77. The Balaban J connectivity index is 2.59. The largest absolute Gasteiger partial charge is 0.315 e. The Morgan fingerprint density at radius 2 is 1.75 bits per heavy atom. The summed E-state index contributed by atoms with van der Waals surface area (Å²) in [5.74, 6) is 1.74. The molecule has 1 aliphatic heterocycles. The van der Waals surface area contributed by atoms with Gasteiger partial charge in [0.1, 0.15) is 0 Å². The molecule has 96 valence electrons. The molecule has 0 radical (unpaired) electrons. The summed E-state index contributed by atoms with van der Waals surface area (Å²) in [5, 5.41) is 3.52. The van der Waals surface area contributed by atoms with E-state index in [0.717, 1.165) is 17.9 Å². The van der Waals surface area contributed by atoms with Crippen molar-refractivity contribution in [2.75, 3.05) is 20.1 Å². The lowest BCUT2D eigenvalue weighted by Crippen LogP contribution is -2.48. The number of hydrogen-bond donors (Lipinski definition) is 1. The molecule has 2 nitrogen and oxygen atoms in total. The van der Waals surface area contributed by atoms with E-state index in [-0.39, 0.29) is 0 Å². The SMILES string of the molecule is CCCC(NC)C(CC)N1CC(C)C(C)C1. The summed E-state index contributed by atoms with van der Waals surface area (Å²) < 4.78 is 0. The first-order chi connectivity index (χ1) is 7.63. The average Bonchev–Trinajstić information content (AvgIpc) is 2.59. The molecule has 0 aromatic carbocycles. The maximum atomic E-state index is 3.52. The molecule has 1 rings (SSSR count). The summed E-state index contributed by atoms with van der Waals surface area (Å²) in [7, 11) is 2.12. The maximum Gasteiger partial charge on any atom is 0.0246 e. The van der Waals surface area contributed by atoms with Crippen LogP contribution >= 0.6 is 0 Å². The Morgan fingerprint density at radius 3 is 2.12 bits per heavy atom. The van der Waals surface area contributed by atoms with Crippen molar-refractivity contribution >= 4 is 0 Å². The van der Waals surface area contributed by atoms with Gasteiger partial charge in [0.2, 0.25) is 0 Å². The Hall–Kier alpha value is -0.0800. The summed E-state index contributed by atoms with van der Waals surface area (Å²) >= 11 is 0. The first-order valence-corrected chi connectivity index (χ1v) is 7.05. The summed E-state index contributed by atoms with van der Waals surface area (Å²) in [6, 6.07) is 1.41. The van der Waals surface area contributed by atoms with Crippen LogP contribution in [0.25, 0.3) is 0 Å². The minimum Gasteiger partial charge on any atom is -0.315 e. The predicted molar refractivity (Wildman–Crippen MR) is 71.7 cm³/mol. The van der Waals surface area contributed by atoms with E-state index in [2.05, 4.69) is 45.0 Å². The molecule has 0 aromatic heterocycles. The molecular weight excluding hydrogens is 196 g/mol. The molecule has 0 aromatic rings. The lowest BCUT2D eigenvalue weighted by atomic mass is 9.99. The van der Waals surface area contributed by atoms with E-state index in [1.807, 2.05) is 0 Å². The van der Waals surface area contributed by atoms with Gasteiger partial charge in [0.05, 0.1) is 0 Å². The second-order valence-corrected chi connectivity index (χ2v) is 5.57. The van der Waals surface area contributed by atoms with Crippen LogP contribution in [0.15, 0.2) is 0 Å². The van der Waals surface area contributed by atoms with Crippen LogP contribution in [0.5, 0.6) is 0 Å². The lowest BCUT2D eigenvalue weighted by molar-refractivity contribution is 0.176. The molecule has 0 spiro atoms. The molecule has 0 saturated carbocycles. The van der Waals surface area contributed by atoms with Crippen LogP contribution in [-0.4, -0.2) is 37.1 Å². The number of hydrogen-bond acceptors (Lipinski definition) is 2. The standard InChI is InChI=1S/C14H30N2/c1-6-8-13(15-5)14(7-2)16-9-11(3)12(4)10-16/h11-15H,6-10H2,1-5H3. The van der Waals surface area contributed by atoms with Gasteiger partial charge in [0, 0.05) is 25.2 Å². The lowest BCUT2D eigenvalue weighted by Gasteiger charge is -2.34. The van der Waals surface area contributed by atoms with Crippen LogP contribution in [0.2, 0.25) is 0 Å². The molecule has 1 saturated heterocycles. The third kappa shape index (κ3) is 3.21. The molecule has 0 amide bonds. The molecule has 1 heterocycles. The van der Waals surface area contributed by atoms with E-state index in [0.29, 0.717) is 6.04 Å². The van der Waals surface area contributed by atoms with Gasteiger partial charge in [0.25, 0.3) is 0 Å². The molecule has 2 heteroatoms. The first-order valence-electron chi connectivity index (χ1n) is 7.05. The van der Waals surface area contributed by atoms with Crippen molar-refractivity contribution < 1.29 is 0 Å². The highest BCUT2D eigenvalue weighted by atomic mass is 15.2. The Morgan fingerprint density at radius 1 is 1.19 bits per heavy atom. The van der Waals surface area contributed by atoms with Crippen LogP contribution < -0.4 is 5.32 Å². The summed E-state index contributed by atoms with van der Waals surface area (Å²) in [4.78, 5) is 2.71. The van der Waals surface area contributed by atoms with E-state index < -0.39 is 0 Å². The van der Waals surface area contributed by atoms with Gasteiger partial charge in [-0.05, 0) is 31.7 Å². The zero-order valence-electron chi connectivity index (χ0n) is 11.8. The van der Waals surface area contributed by atoms with E-state index in [4.69, 9.17) is 0 Å². The van der Waals surface area contributed by atoms with Gasteiger partial charge in [-0.1, -0.05) is 34.1 Å². The van der Waals surface area contributed by atoms with Gasteiger partial charge in [-0.15, -0.1) is 0 Å². The number of likely N-dealkylation sites (N-methyl/N-ethyl adjacent to an activating group) is 1. The fraction of sp³-hybridized carbons (Fsp3) is 1.00. The zero-order valence-corrected chi connectivity index (χ0v) is 11.8. The van der Waals surface area contributed by atoms with Crippen molar-refractivity contribution in [2.24, 2.45) is 11.8 Å². The Labute approximate surface area is 102 Å². The molecule has 16 heavy (non-hydrogen) atoms. The minimum absolute atomic E-state index is 0.674. The number of nitrogens with one attached hydrogen (secondary N) is 1. The predicted octanol–water partition coefficient (Wildman–Crippen LogP) is 2.74. The topological polar surface area (TPSA) is 15.3 Å². The molecule has 1 aliphatic rings. The van der Waals surface area contributed by atoms with Gasteiger partial charge >= 0.3 is 0 Å². The highest BCUT2D eigenvalue weighted by molar-refractivity contribution is 4.89. The van der Waals surface area contributed by atoms with Gasteiger partial charge in [-0.25, -0.2) is 0 Å². The number of likely N-dealkylation sites (tertiary alicyclic amines) is 1. The smallest absolute Gasteiger partial charge is 0.0246 e.